The number of rotatable bonds is 4. The summed E-state index contributed by atoms with van der Waals surface area (Å²) in [5, 5.41) is 7.71. The van der Waals surface area contributed by atoms with E-state index in [2.05, 4.69) is 50.2 Å². The van der Waals surface area contributed by atoms with Crippen LogP contribution in [0.3, 0.4) is 0 Å². The third-order valence-corrected chi connectivity index (χ3v) is 3.37. The fraction of sp³-hybridized carbons (Fsp3) is 0.167. The van der Waals surface area contributed by atoms with Gasteiger partial charge in [0, 0.05) is 16.7 Å². The predicted molar refractivity (Wildman–Crippen MR) is 70.7 cm³/mol. The molecular weight excluding hydrogens is 270 g/mol. The van der Waals surface area contributed by atoms with E-state index in [0.29, 0.717) is 0 Å². The first-order valence-corrected chi connectivity index (χ1v) is 6.59. The number of halogens is 1. The first kappa shape index (κ1) is 10.7. The van der Waals surface area contributed by atoms with Gasteiger partial charge in [-0.15, -0.1) is 0 Å². The second-order valence-electron chi connectivity index (χ2n) is 3.32. The van der Waals surface area contributed by atoms with Gasteiger partial charge in [-0.2, -0.15) is 11.3 Å². The van der Waals surface area contributed by atoms with Gasteiger partial charge < -0.3 is 5.32 Å². The summed E-state index contributed by atoms with van der Waals surface area (Å²) < 4.78 is 1.11. The van der Waals surface area contributed by atoms with Crippen molar-refractivity contribution >= 4 is 33.0 Å². The van der Waals surface area contributed by atoms with E-state index in [9.17, 15) is 0 Å². The summed E-state index contributed by atoms with van der Waals surface area (Å²) in [5.41, 5.74) is 2.57. The van der Waals surface area contributed by atoms with Crippen molar-refractivity contribution in [3.8, 4) is 0 Å². The Hall–Kier alpha value is -0.800. The second-order valence-corrected chi connectivity index (χ2v) is 5.01. The molecule has 0 atom stereocenters. The molecule has 3 heteroatoms. The first-order valence-electron chi connectivity index (χ1n) is 4.85. The zero-order valence-electron chi connectivity index (χ0n) is 8.24. The van der Waals surface area contributed by atoms with E-state index in [1.165, 1.54) is 11.3 Å². The van der Waals surface area contributed by atoms with E-state index in [1.54, 1.807) is 11.3 Å². The van der Waals surface area contributed by atoms with Gasteiger partial charge in [-0.3, -0.25) is 0 Å². The summed E-state index contributed by atoms with van der Waals surface area (Å²) >= 11 is 5.21. The van der Waals surface area contributed by atoms with Crippen molar-refractivity contribution in [3.63, 3.8) is 0 Å². The lowest BCUT2D eigenvalue weighted by atomic mass is 10.2. The third kappa shape index (κ3) is 3.36. The van der Waals surface area contributed by atoms with Crippen molar-refractivity contribution in [2.45, 2.75) is 6.42 Å². The largest absolute Gasteiger partial charge is 0.385 e. The van der Waals surface area contributed by atoms with Crippen LogP contribution in [0.5, 0.6) is 0 Å². The Morgan fingerprint density at radius 2 is 2.20 bits per heavy atom. The number of hydrogen-bond donors (Lipinski definition) is 1. The fourth-order valence-corrected chi connectivity index (χ4v) is 2.49. The van der Waals surface area contributed by atoms with E-state index in [0.717, 1.165) is 17.4 Å². The Kier molecular flexibility index (Phi) is 3.80. The Morgan fingerprint density at radius 1 is 1.27 bits per heavy atom. The first-order chi connectivity index (χ1) is 7.34. The topological polar surface area (TPSA) is 12.0 Å². The normalized spacial score (nSPS) is 10.2. The van der Waals surface area contributed by atoms with E-state index >= 15 is 0 Å². The molecule has 15 heavy (non-hydrogen) atoms. The van der Waals surface area contributed by atoms with Crippen LogP contribution in [-0.2, 0) is 6.42 Å². The van der Waals surface area contributed by atoms with Gasteiger partial charge in [-0.25, -0.2) is 0 Å². The average Bonchev–Trinajstić information content (AvgIpc) is 2.71. The van der Waals surface area contributed by atoms with Crippen molar-refractivity contribution in [3.05, 3.63) is 51.1 Å². The molecular formula is C12H12BrNS. The minimum Gasteiger partial charge on any atom is -0.385 e. The van der Waals surface area contributed by atoms with Gasteiger partial charge in [0.25, 0.3) is 0 Å². The molecule has 1 heterocycles. The molecule has 0 fully saturated rings. The summed E-state index contributed by atoms with van der Waals surface area (Å²) in [4.78, 5) is 0. The predicted octanol–water partition coefficient (Wildman–Crippen LogP) is 4.17. The van der Waals surface area contributed by atoms with Crippen LogP contribution in [0.25, 0.3) is 0 Å². The molecule has 1 aromatic carbocycles. The molecule has 0 aliphatic heterocycles. The maximum absolute atomic E-state index is 3.45. The van der Waals surface area contributed by atoms with E-state index < -0.39 is 0 Å². The van der Waals surface area contributed by atoms with Gasteiger partial charge in [0.05, 0.1) is 0 Å². The van der Waals surface area contributed by atoms with E-state index in [4.69, 9.17) is 0 Å². The Labute approximate surface area is 102 Å². The molecule has 1 N–H and O–H groups in total. The molecule has 2 rings (SSSR count). The summed E-state index contributed by atoms with van der Waals surface area (Å²) in [6.45, 7) is 0.979. The molecule has 0 bridgehead atoms. The second kappa shape index (κ2) is 5.33. The van der Waals surface area contributed by atoms with Gasteiger partial charge in [0.1, 0.15) is 0 Å². The number of anilines is 1. The molecule has 1 aromatic heterocycles. The molecule has 0 aliphatic carbocycles. The standard InChI is InChI=1S/C12H12BrNS/c13-11-2-1-3-12(8-11)14-6-4-10-5-7-15-9-10/h1-3,5,7-9,14H,4,6H2. The van der Waals surface area contributed by atoms with Crippen LogP contribution < -0.4 is 5.32 Å². The smallest absolute Gasteiger partial charge is 0.0351 e. The third-order valence-electron chi connectivity index (χ3n) is 2.15. The Bertz CT molecular complexity index is 411. The quantitative estimate of drug-likeness (QED) is 0.887. The lowest BCUT2D eigenvalue weighted by molar-refractivity contribution is 1.03. The van der Waals surface area contributed by atoms with Crippen LogP contribution >= 0.6 is 27.3 Å². The van der Waals surface area contributed by atoms with Crippen LogP contribution in [-0.4, -0.2) is 6.54 Å². The molecule has 0 saturated heterocycles. The number of nitrogens with one attached hydrogen (secondary N) is 1. The monoisotopic (exact) mass is 281 g/mol. The summed E-state index contributed by atoms with van der Waals surface area (Å²) in [6, 6.07) is 10.4. The van der Waals surface area contributed by atoms with Crippen LogP contribution in [0.1, 0.15) is 5.56 Å². The minimum absolute atomic E-state index is 0.979. The van der Waals surface area contributed by atoms with E-state index in [1.807, 2.05) is 12.1 Å². The van der Waals surface area contributed by atoms with Gasteiger partial charge >= 0.3 is 0 Å². The van der Waals surface area contributed by atoms with Crippen LogP contribution in [0.4, 0.5) is 5.69 Å². The van der Waals surface area contributed by atoms with Crippen molar-refractivity contribution in [2.24, 2.45) is 0 Å². The summed E-state index contributed by atoms with van der Waals surface area (Å²) in [6.07, 6.45) is 1.08. The van der Waals surface area contributed by atoms with Gasteiger partial charge in [-0.05, 0) is 47.0 Å². The fourth-order valence-electron chi connectivity index (χ4n) is 1.38. The zero-order valence-corrected chi connectivity index (χ0v) is 10.6. The van der Waals surface area contributed by atoms with Gasteiger partial charge in [-0.1, -0.05) is 22.0 Å². The van der Waals surface area contributed by atoms with Gasteiger partial charge in [0.15, 0.2) is 0 Å². The summed E-state index contributed by atoms with van der Waals surface area (Å²) in [7, 11) is 0. The number of thiophene rings is 1. The van der Waals surface area contributed by atoms with E-state index in [-0.39, 0.29) is 0 Å². The van der Waals surface area contributed by atoms with Crippen molar-refractivity contribution < 1.29 is 0 Å². The van der Waals surface area contributed by atoms with Crippen LogP contribution in [0, 0.1) is 0 Å². The maximum Gasteiger partial charge on any atom is 0.0351 e. The van der Waals surface area contributed by atoms with Gasteiger partial charge in [0.2, 0.25) is 0 Å². The molecule has 0 unspecified atom stereocenters. The number of hydrogen-bond acceptors (Lipinski definition) is 2. The van der Waals surface area contributed by atoms with Crippen molar-refractivity contribution in [2.75, 3.05) is 11.9 Å². The lowest BCUT2D eigenvalue weighted by Gasteiger charge is -2.05. The highest BCUT2D eigenvalue weighted by Crippen LogP contribution is 2.15. The molecule has 78 valence electrons. The molecule has 0 radical (unpaired) electrons. The SMILES string of the molecule is Brc1cccc(NCCc2ccsc2)c1. The molecule has 1 nitrogen and oxygen atoms in total. The molecule has 0 amide bonds. The van der Waals surface area contributed by atoms with Crippen LogP contribution in [0.2, 0.25) is 0 Å². The van der Waals surface area contributed by atoms with Crippen LogP contribution in [0.15, 0.2) is 45.6 Å². The Balaban J connectivity index is 1.83. The molecule has 0 saturated carbocycles. The molecule has 2 aromatic rings. The number of benzene rings is 1. The molecule has 0 spiro atoms. The lowest BCUT2D eigenvalue weighted by Crippen LogP contribution is -2.03. The zero-order chi connectivity index (χ0) is 10.5. The highest BCUT2D eigenvalue weighted by molar-refractivity contribution is 9.10. The minimum atomic E-state index is 0.979. The maximum atomic E-state index is 3.45. The molecule has 0 aliphatic rings. The highest BCUT2D eigenvalue weighted by atomic mass is 79.9. The highest BCUT2D eigenvalue weighted by Gasteiger charge is 1.94. The Morgan fingerprint density at radius 3 is 2.93 bits per heavy atom. The van der Waals surface area contributed by atoms with Crippen molar-refractivity contribution in [1.82, 2.24) is 0 Å². The van der Waals surface area contributed by atoms with Crippen molar-refractivity contribution in [1.29, 1.82) is 0 Å². The summed E-state index contributed by atoms with van der Waals surface area (Å²) in [5.74, 6) is 0. The average molecular weight is 282 g/mol.